The molecular weight excluding hydrogens is 400 g/mol. The quantitative estimate of drug-likeness (QED) is 0.372. The molecular formula is C20H22N8OS. The smallest absolute Gasteiger partial charge is 0.234 e. The summed E-state index contributed by atoms with van der Waals surface area (Å²) in [5, 5.41) is 14.2. The zero-order valence-electron chi connectivity index (χ0n) is 16.7. The molecule has 0 aliphatic rings. The van der Waals surface area contributed by atoms with Gasteiger partial charge in [0.2, 0.25) is 11.9 Å². The molecule has 3 N–H and O–H groups in total. The lowest BCUT2D eigenvalue weighted by molar-refractivity contribution is 0.425. The maximum atomic E-state index is 5.39. The van der Waals surface area contributed by atoms with Gasteiger partial charge in [-0.05, 0) is 50.1 Å². The van der Waals surface area contributed by atoms with Gasteiger partial charge in [0.05, 0.1) is 6.26 Å². The van der Waals surface area contributed by atoms with E-state index < -0.39 is 0 Å². The molecule has 0 spiro atoms. The minimum atomic E-state index is 0.410. The second-order valence-corrected chi connectivity index (χ2v) is 7.72. The first-order chi connectivity index (χ1) is 14.7. The third-order valence-corrected chi connectivity index (χ3v) is 4.89. The molecule has 0 unspecified atom stereocenters. The van der Waals surface area contributed by atoms with Crippen molar-refractivity contribution in [2.75, 3.05) is 37.8 Å². The van der Waals surface area contributed by atoms with E-state index >= 15 is 0 Å². The molecule has 3 aromatic heterocycles. The van der Waals surface area contributed by atoms with Gasteiger partial charge in [-0.3, -0.25) is 5.10 Å². The predicted molar refractivity (Wildman–Crippen MR) is 117 cm³/mol. The fourth-order valence-electron chi connectivity index (χ4n) is 2.58. The van der Waals surface area contributed by atoms with Crippen LogP contribution in [0.5, 0.6) is 0 Å². The lowest BCUT2D eigenvalue weighted by Crippen LogP contribution is -2.21. The Kier molecular flexibility index (Phi) is 6.26. The van der Waals surface area contributed by atoms with Crippen molar-refractivity contribution in [2.24, 2.45) is 0 Å². The van der Waals surface area contributed by atoms with Crippen molar-refractivity contribution in [3.05, 3.63) is 54.8 Å². The molecule has 0 aliphatic heterocycles. The molecule has 0 saturated heterocycles. The van der Waals surface area contributed by atoms with Crippen LogP contribution in [0.15, 0.2) is 69.3 Å². The third-order valence-electron chi connectivity index (χ3n) is 4.01. The van der Waals surface area contributed by atoms with Gasteiger partial charge in [0.25, 0.3) is 0 Å². The first-order valence-electron chi connectivity index (χ1n) is 9.39. The number of H-pyrrole nitrogens is 1. The van der Waals surface area contributed by atoms with Crippen molar-refractivity contribution in [3.63, 3.8) is 0 Å². The normalized spacial score (nSPS) is 11.0. The SMILES string of the molecule is CN(C)CCNc1nc(Nc2cc(-c3ccco3)[nH]n2)nc(Sc2ccccc2)n1. The van der Waals surface area contributed by atoms with Gasteiger partial charge in [-0.2, -0.15) is 20.1 Å². The summed E-state index contributed by atoms with van der Waals surface area (Å²) in [5.74, 6) is 2.21. The van der Waals surface area contributed by atoms with Gasteiger partial charge in [-0.25, -0.2) is 0 Å². The number of hydrogen-bond donors (Lipinski definition) is 3. The van der Waals surface area contributed by atoms with Gasteiger partial charge < -0.3 is 20.0 Å². The highest BCUT2D eigenvalue weighted by Crippen LogP contribution is 2.27. The van der Waals surface area contributed by atoms with Crippen molar-refractivity contribution < 1.29 is 4.42 Å². The lowest BCUT2D eigenvalue weighted by Gasteiger charge is -2.12. The number of furan rings is 1. The van der Waals surface area contributed by atoms with E-state index in [1.54, 1.807) is 6.26 Å². The Balaban J connectivity index is 1.55. The van der Waals surface area contributed by atoms with Crippen LogP contribution < -0.4 is 10.6 Å². The second kappa shape index (κ2) is 9.42. The second-order valence-electron chi connectivity index (χ2n) is 6.68. The summed E-state index contributed by atoms with van der Waals surface area (Å²) in [7, 11) is 4.04. The molecule has 9 nitrogen and oxygen atoms in total. The Bertz CT molecular complexity index is 1070. The summed E-state index contributed by atoms with van der Waals surface area (Å²) >= 11 is 1.47. The minimum absolute atomic E-state index is 0.410. The summed E-state index contributed by atoms with van der Waals surface area (Å²) in [5.41, 5.74) is 0.764. The highest BCUT2D eigenvalue weighted by Gasteiger charge is 2.11. The van der Waals surface area contributed by atoms with E-state index in [9.17, 15) is 0 Å². The zero-order chi connectivity index (χ0) is 20.8. The van der Waals surface area contributed by atoms with Gasteiger partial charge in [-0.15, -0.1) is 0 Å². The number of nitrogens with one attached hydrogen (secondary N) is 3. The Morgan fingerprint density at radius 2 is 1.87 bits per heavy atom. The Morgan fingerprint density at radius 3 is 2.63 bits per heavy atom. The van der Waals surface area contributed by atoms with Crippen LogP contribution in [0, 0.1) is 0 Å². The van der Waals surface area contributed by atoms with Crippen LogP contribution in [0.4, 0.5) is 17.7 Å². The van der Waals surface area contributed by atoms with Crippen molar-refractivity contribution in [1.82, 2.24) is 30.0 Å². The van der Waals surface area contributed by atoms with E-state index in [-0.39, 0.29) is 0 Å². The molecule has 0 radical (unpaired) electrons. The standard InChI is InChI=1S/C20H22N8OS/c1-28(2)11-10-21-18-23-19(25-20(24-18)30-14-7-4-3-5-8-14)22-17-13-15(26-27-17)16-9-6-12-29-16/h3-9,12-13H,10-11H2,1-2H3,(H3,21,22,23,24,25,26,27). The number of likely N-dealkylation sites (N-methyl/N-ethyl adjacent to an activating group) is 1. The molecule has 0 amide bonds. The van der Waals surface area contributed by atoms with Crippen molar-refractivity contribution >= 4 is 29.5 Å². The number of aromatic amines is 1. The Labute approximate surface area is 178 Å². The van der Waals surface area contributed by atoms with E-state index in [0.29, 0.717) is 28.6 Å². The van der Waals surface area contributed by atoms with E-state index in [4.69, 9.17) is 4.42 Å². The number of anilines is 3. The van der Waals surface area contributed by atoms with E-state index in [0.717, 1.165) is 23.7 Å². The van der Waals surface area contributed by atoms with E-state index in [1.807, 2.05) is 62.6 Å². The molecule has 10 heteroatoms. The third kappa shape index (κ3) is 5.37. The van der Waals surface area contributed by atoms with E-state index in [2.05, 4.69) is 40.7 Å². The Morgan fingerprint density at radius 1 is 1.03 bits per heavy atom. The molecule has 0 atom stereocenters. The summed E-state index contributed by atoms with van der Waals surface area (Å²) in [6, 6.07) is 15.5. The number of nitrogens with zero attached hydrogens (tertiary/aromatic N) is 5. The largest absolute Gasteiger partial charge is 0.463 e. The lowest BCUT2D eigenvalue weighted by atomic mass is 10.3. The van der Waals surface area contributed by atoms with Gasteiger partial charge in [0, 0.05) is 24.1 Å². The topological polar surface area (TPSA) is 108 Å². The molecule has 4 aromatic rings. The number of benzene rings is 1. The van der Waals surface area contributed by atoms with Crippen LogP contribution >= 0.6 is 11.8 Å². The number of hydrogen-bond acceptors (Lipinski definition) is 9. The van der Waals surface area contributed by atoms with Crippen LogP contribution in [0.2, 0.25) is 0 Å². The minimum Gasteiger partial charge on any atom is -0.463 e. The maximum absolute atomic E-state index is 5.39. The predicted octanol–water partition coefficient (Wildman–Crippen LogP) is 3.72. The molecule has 154 valence electrons. The molecule has 4 rings (SSSR count). The summed E-state index contributed by atoms with van der Waals surface area (Å²) in [6.07, 6.45) is 1.62. The van der Waals surface area contributed by atoms with Crippen molar-refractivity contribution in [3.8, 4) is 11.5 Å². The highest BCUT2D eigenvalue weighted by molar-refractivity contribution is 7.99. The molecule has 0 fully saturated rings. The molecule has 30 heavy (non-hydrogen) atoms. The first kappa shape index (κ1) is 19.9. The summed E-state index contributed by atoms with van der Waals surface area (Å²) in [6.45, 7) is 1.58. The van der Waals surface area contributed by atoms with Crippen LogP contribution in [-0.2, 0) is 0 Å². The Hall–Kier alpha value is -3.37. The fourth-order valence-corrected chi connectivity index (χ4v) is 3.35. The molecule has 0 bridgehead atoms. The van der Waals surface area contributed by atoms with E-state index in [1.165, 1.54) is 11.8 Å². The first-order valence-corrected chi connectivity index (χ1v) is 10.2. The summed E-state index contributed by atoms with van der Waals surface area (Å²) in [4.78, 5) is 16.7. The molecule has 0 aliphatic carbocycles. The van der Waals surface area contributed by atoms with Crippen LogP contribution in [0.3, 0.4) is 0 Å². The van der Waals surface area contributed by atoms with Crippen LogP contribution in [0.1, 0.15) is 0 Å². The monoisotopic (exact) mass is 422 g/mol. The van der Waals surface area contributed by atoms with Crippen molar-refractivity contribution in [1.29, 1.82) is 0 Å². The van der Waals surface area contributed by atoms with Gasteiger partial charge in [0.1, 0.15) is 5.69 Å². The zero-order valence-corrected chi connectivity index (χ0v) is 17.5. The molecule has 0 saturated carbocycles. The molecule has 1 aromatic carbocycles. The average Bonchev–Trinajstić information content (AvgIpc) is 3.40. The maximum Gasteiger partial charge on any atom is 0.234 e. The fraction of sp³-hybridized carbons (Fsp3) is 0.200. The van der Waals surface area contributed by atoms with Crippen LogP contribution in [-0.4, -0.2) is 57.2 Å². The van der Waals surface area contributed by atoms with Gasteiger partial charge in [-0.1, -0.05) is 18.2 Å². The van der Waals surface area contributed by atoms with Gasteiger partial charge in [0.15, 0.2) is 16.7 Å². The van der Waals surface area contributed by atoms with Gasteiger partial charge >= 0.3 is 0 Å². The van der Waals surface area contributed by atoms with Crippen molar-refractivity contribution in [2.45, 2.75) is 10.1 Å². The summed E-state index contributed by atoms with van der Waals surface area (Å²) < 4.78 is 5.39. The highest BCUT2D eigenvalue weighted by atomic mass is 32.2. The average molecular weight is 423 g/mol. The number of rotatable bonds is 9. The molecule has 3 heterocycles. The number of aromatic nitrogens is 5. The van der Waals surface area contributed by atoms with Crippen LogP contribution in [0.25, 0.3) is 11.5 Å².